The molecule has 9 N–H and O–H groups in total. The van der Waals surface area contributed by atoms with Crippen LogP contribution in [0, 0.1) is 0 Å². The van der Waals surface area contributed by atoms with Crippen LogP contribution in [0.1, 0.15) is 19.3 Å². The fraction of sp³-hybridized carbons (Fsp3) is 0.600. The molecule has 0 heterocycles. The van der Waals surface area contributed by atoms with Crippen molar-refractivity contribution in [1.29, 1.82) is 0 Å². The van der Waals surface area contributed by atoms with Crippen LogP contribution in [0.4, 0.5) is 0 Å². The second-order valence-electron chi connectivity index (χ2n) is 6.10. The normalized spacial score (nSPS) is 14.5. The van der Waals surface area contributed by atoms with Crippen LogP contribution in [-0.2, 0) is 28.8 Å². The second kappa shape index (κ2) is 13.7. The second-order valence-corrected chi connectivity index (χ2v) is 6.83. The zero-order valence-corrected chi connectivity index (χ0v) is 17.5. The fourth-order valence-corrected chi connectivity index (χ4v) is 2.45. The minimum absolute atomic E-state index is 0.0587. The minimum atomic E-state index is -1.55. The maximum atomic E-state index is 12.4. The standard InChI is InChI=1S/C15H25N5O8S2/c16-6(4-29)12(24)19-8(3-11(22)23)13(25)20-9(5-30)14(26)18-7(15(27)28)1-2-10(17)21/h6-9,29-30H,1-5,16H2,(H2,17,21)(H,18,26)(H,19,24)(H,20,25)(H,22,23)(H,27,28). The molecule has 0 aromatic heterocycles. The summed E-state index contributed by atoms with van der Waals surface area (Å²) in [6.45, 7) is 0. The molecular formula is C15H25N5O8S2. The third kappa shape index (κ3) is 10.3. The van der Waals surface area contributed by atoms with E-state index in [1.165, 1.54) is 0 Å². The zero-order valence-electron chi connectivity index (χ0n) is 15.7. The Labute approximate surface area is 182 Å². The van der Waals surface area contributed by atoms with Crippen LogP contribution in [0.2, 0.25) is 0 Å². The van der Waals surface area contributed by atoms with Gasteiger partial charge in [-0.3, -0.25) is 24.0 Å². The number of rotatable bonds is 14. The first-order chi connectivity index (χ1) is 13.9. The number of aliphatic carboxylic acids is 2. The van der Waals surface area contributed by atoms with Gasteiger partial charge in [-0.15, -0.1) is 0 Å². The third-order valence-corrected chi connectivity index (χ3v) is 4.41. The predicted octanol–water partition coefficient (Wildman–Crippen LogP) is -3.55. The average molecular weight is 468 g/mol. The highest BCUT2D eigenvalue weighted by molar-refractivity contribution is 7.80. The van der Waals surface area contributed by atoms with Crippen LogP contribution in [0.5, 0.6) is 0 Å². The molecule has 4 unspecified atom stereocenters. The Bertz CT molecular complexity index is 677. The van der Waals surface area contributed by atoms with E-state index in [2.05, 4.69) is 41.2 Å². The van der Waals surface area contributed by atoms with Crippen LogP contribution in [-0.4, -0.2) is 81.5 Å². The number of hydrogen-bond donors (Lipinski definition) is 9. The van der Waals surface area contributed by atoms with E-state index >= 15 is 0 Å². The topological polar surface area (TPSA) is 231 Å². The third-order valence-electron chi connectivity index (χ3n) is 3.65. The Morgan fingerprint density at radius 2 is 1.30 bits per heavy atom. The van der Waals surface area contributed by atoms with Gasteiger partial charge in [0.1, 0.15) is 18.1 Å². The predicted molar refractivity (Wildman–Crippen MR) is 110 cm³/mol. The number of thiol groups is 2. The summed E-state index contributed by atoms with van der Waals surface area (Å²) in [6.07, 6.45) is -1.37. The van der Waals surface area contributed by atoms with E-state index < -0.39 is 66.2 Å². The Kier molecular flexibility index (Phi) is 12.5. The summed E-state index contributed by atoms with van der Waals surface area (Å²) < 4.78 is 0. The highest BCUT2D eigenvalue weighted by Crippen LogP contribution is 2.01. The summed E-state index contributed by atoms with van der Waals surface area (Å²) in [5.74, 6) is -6.71. The maximum Gasteiger partial charge on any atom is 0.326 e. The van der Waals surface area contributed by atoms with Crippen molar-refractivity contribution in [2.45, 2.75) is 43.4 Å². The number of carboxylic acids is 2. The molecule has 0 aliphatic heterocycles. The highest BCUT2D eigenvalue weighted by Gasteiger charge is 2.30. The van der Waals surface area contributed by atoms with Gasteiger partial charge in [-0.2, -0.15) is 25.3 Å². The molecule has 0 spiro atoms. The molecule has 170 valence electrons. The summed E-state index contributed by atoms with van der Waals surface area (Å²) in [7, 11) is 0. The molecule has 4 atom stereocenters. The molecule has 0 aromatic rings. The van der Waals surface area contributed by atoms with Gasteiger partial charge in [0.05, 0.1) is 12.5 Å². The Morgan fingerprint density at radius 1 is 0.800 bits per heavy atom. The molecule has 0 saturated carbocycles. The molecule has 13 nitrogen and oxygen atoms in total. The van der Waals surface area contributed by atoms with E-state index in [-0.39, 0.29) is 24.3 Å². The maximum absolute atomic E-state index is 12.4. The van der Waals surface area contributed by atoms with E-state index in [1.807, 2.05) is 0 Å². The largest absolute Gasteiger partial charge is 0.481 e. The molecule has 30 heavy (non-hydrogen) atoms. The summed E-state index contributed by atoms with van der Waals surface area (Å²) in [6, 6.07) is -5.46. The van der Waals surface area contributed by atoms with Crippen molar-refractivity contribution in [3.63, 3.8) is 0 Å². The number of carboxylic acid groups (broad SMARTS) is 2. The molecule has 0 aromatic carbocycles. The van der Waals surface area contributed by atoms with E-state index in [9.17, 15) is 28.8 Å². The first-order valence-corrected chi connectivity index (χ1v) is 9.80. The summed E-state index contributed by atoms with van der Waals surface area (Å²) in [5.41, 5.74) is 10.4. The van der Waals surface area contributed by atoms with Gasteiger partial charge in [-0.25, -0.2) is 4.79 Å². The fourth-order valence-electron chi connectivity index (χ4n) is 2.03. The SMILES string of the molecule is NC(=O)CCC(NC(=O)C(CS)NC(=O)C(CC(=O)O)NC(=O)C(N)CS)C(=O)O. The highest BCUT2D eigenvalue weighted by atomic mass is 32.1. The van der Waals surface area contributed by atoms with Gasteiger partial charge in [0, 0.05) is 17.9 Å². The number of hydrogen-bond acceptors (Lipinski definition) is 9. The van der Waals surface area contributed by atoms with E-state index in [4.69, 9.17) is 21.7 Å². The lowest BCUT2D eigenvalue weighted by atomic mass is 10.1. The minimum Gasteiger partial charge on any atom is -0.481 e. The summed E-state index contributed by atoms with van der Waals surface area (Å²) in [5, 5.41) is 24.6. The monoisotopic (exact) mass is 467 g/mol. The summed E-state index contributed by atoms with van der Waals surface area (Å²) in [4.78, 5) is 69.6. The van der Waals surface area contributed by atoms with Crippen molar-refractivity contribution in [2.75, 3.05) is 11.5 Å². The average Bonchev–Trinajstić information content (AvgIpc) is 2.66. The molecule has 0 aliphatic carbocycles. The number of primary amides is 1. The smallest absolute Gasteiger partial charge is 0.326 e. The van der Waals surface area contributed by atoms with Gasteiger partial charge in [0.2, 0.25) is 23.6 Å². The number of nitrogens with one attached hydrogen (secondary N) is 3. The van der Waals surface area contributed by atoms with Crippen LogP contribution >= 0.6 is 25.3 Å². The Balaban J connectivity index is 5.20. The van der Waals surface area contributed by atoms with Crippen molar-refractivity contribution in [2.24, 2.45) is 11.5 Å². The Hall–Kier alpha value is -2.52. The van der Waals surface area contributed by atoms with Crippen molar-refractivity contribution in [1.82, 2.24) is 16.0 Å². The zero-order chi connectivity index (χ0) is 23.4. The molecule has 0 radical (unpaired) electrons. The lowest BCUT2D eigenvalue weighted by molar-refractivity contribution is -0.143. The Morgan fingerprint density at radius 3 is 1.73 bits per heavy atom. The van der Waals surface area contributed by atoms with Crippen molar-refractivity contribution in [3.05, 3.63) is 0 Å². The van der Waals surface area contributed by atoms with Crippen molar-refractivity contribution in [3.8, 4) is 0 Å². The van der Waals surface area contributed by atoms with Crippen LogP contribution in [0.25, 0.3) is 0 Å². The van der Waals surface area contributed by atoms with Crippen LogP contribution < -0.4 is 27.4 Å². The molecule has 0 aliphatic rings. The number of nitrogens with two attached hydrogens (primary N) is 2. The van der Waals surface area contributed by atoms with Gasteiger partial charge >= 0.3 is 11.9 Å². The van der Waals surface area contributed by atoms with Gasteiger partial charge in [0.25, 0.3) is 0 Å². The molecule has 0 rings (SSSR count). The van der Waals surface area contributed by atoms with E-state index in [0.29, 0.717) is 0 Å². The lowest BCUT2D eigenvalue weighted by Crippen LogP contribution is -2.58. The number of amides is 4. The molecule has 4 amide bonds. The van der Waals surface area contributed by atoms with Crippen LogP contribution in [0.3, 0.4) is 0 Å². The molecular weight excluding hydrogens is 442 g/mol. The van der Waals surface area contributed by atoms with Gasteiger partial charge in [-0.1, -0.05) is 0 Å². The van der Waals surface area contributed by atoms with Crippen molar-refractivity contribution >= 4 is 60.8 Å². The molecule has 15 heteroatoms. The van der Waals surface area contributed by atoms with Crippen molar-refractivity contribution < 1.29 is 39.0 Å². The summed E-state index contributed by atoms with van der Waals surface area (Å²) >= 11 is 7.75. The quantitative estimate of drug-likeness (QED) is 0.115. The molecule has 0 fully saturated rings. The number of carbonyl (C=O) groups excluding carboxylic acids is 4. The van der Waals surface area contributed by atoms with Gasteiger partial charge in [0.15, 0.2) is 0 Å². The van der Waals surface area contributed by atoms with Crippen LogP contribution in [0.15, 0.2) is 0 Å². The van der Waals surface area contributed by atoms with Gasteiger partial charge in [-0.05, 0) is 6.42 Å². The molecule has 0 bridgehead atoms. The lowest BCUT2D eigenvalue weighted by Gasteiger charge is -2.23. The first-order valence-electron chi connectivity index (χ1n) is 8.54. The van der Waals surface area contributed by atoms with E-state index in [1.54, 1.807) is 0 Å². The molecule has 0 saturated heterocycles. The van der Waals surface area contributed by atoms with E-state index in [0.717, 1.165) is 0 Å². The first kappa shape index (κ1) is 27.5. The van der Waals surface area contributed by atoms with Gasteiger partial charge < -0.3 is 37.6 Å². The number of carbonyl (C=O) groups is 6.